The molecule has 0 aliphatic carbocycles. The highest BCUT2D eigenvalue weighted by atomic mass is 35.5. The van der Waals surface area contributed by atoms with Crippen molar-refractivity contribution in [3.63, 3.8) is 0 Å². The lowest BCUT2D eigenvalue weighted by atomic mass is 10.1. The van der Waals surface area contributed by atoms with Crippen LogP contribution in [0.5, 0.6) is 0 Å². The molecule has 0 heterocycles. The van der Waals surface area contributed by atoms with Crippen LogP contribution in [-0.2, 0) is 14.6 Å². The van der Waals surface area contributed by atoms with E-state index in [1.807, 2.05) is 19.1 Å². The quantitative estimate of drug-likeness (QED) is 0.815. The predicted octanol–water partition coefficient (Wildman–Crippen LogP) is 4.03. The molecule has 1 amide bonds. The molecule has 1 N–H and O–H groups in total. The van der Waals surface area contributed by atoms with Crippen molar-refractivity contribution >= 4 is 38.9 Å². The van der Waals surface area contributed by atoms with Gasteiger partial charge in [-0.05, 0) is 48.9 Å². The van der Waals surface area contributed by atoms with E-state index in [4.69, 9.17) is 23.2 Å². The second kappa shape index (κ2) is 8.01. The van der Waals surface area contributed by atoms with Crippen molar-refractivity contribution in [1.29, 1.82) is 0 Å². The van der Waals surface area contributed by atoms with Gasteiger partial charge in [-0.2, -0.15) is 0 Å². The molecule has 4 nitrogen and oxygen atoms in total. The van der Waals surface area contributed by atoms with E-state index in [-0.39, 0.29) is 29.0 Å². The van der Waals surface area contributed by atoms with Crippen LogP contribution in [0, 0.1) is 0 Å². The summed E-state index contributed by atoms with van der Waals surface area (Å²) in [6.45, 7) is 1.83. The summed E-state index contributed by atoms with van der Waals surface area (Å²) >= 11 is 11.6. The number of benzene rings is 2. The maximum Gasteiger partial charge on any atom is 0.221 e. The van der Waals surface area contributed by atoms with Crippen LogP contribution in [0.25, 0.3) is 0 Å². The largest absolute Gasteiger partial charge is 0.350 e. The number of nitrogens with one attached hydrogen (secondary N) is 1. The molecule has 1 atom stereocenters. The lowest BCUT2D eigenvalue weighted by Crippen LogP contribution is -2.28. The lowest BCUT2D eigenvalue weighted by Gasteiger charge is -2.14. The molecule has 2 aromatic rings. The molecular formula is C17H17Cl2NO3S. The summed E-state index contributed by atoms with van der Waals surface area (Å²) in [5.41, 5.74) is 0.897. The van der Waals surface area contributed by atoms with Gasteiger partial charge in [-0.15, -0.1) is 0 Å². The Balaban J connectivity index is 1.92. The third kappa shape index (κ3) is 5.23. The Morgan fingerprint density at radius 3 is 2.04 bits per heavy atom. The molecule has 0 aliphatic rings. The fourth-order valence-corrected chi connectivity index (χ4v) is 3.63. The zero-order valence-electron chi connectivity index (χ0n) is 13.0. The van der Waals surface area contributed by atoms with Crippen molar-refractivity contribution in [2.24, 2.45) is 0 Å². The van der Waals surface area contributed by atoms with Gasteiger partial charge in [0, 0.05) is 16.5 Å². The van der Waals surface area contributed by atoms with Crippen molar-refractivity contribution in [3.05, 3.63) is 64.1 Å². The summed E-state index contributed by atoms with van der Waals surface area (Å²) in [5.74, 6) is -0.580. The molecule has 0 spiro atoms. The van der Waals surface area contributed by atoms with Crippen LogP contribution in [0.1, 0.15) is 24.9 Å². The highest BCUT2D eigenvalue weighted by Gasteiger charge is 2.17. The molecule has 0 fully saturated rings. The van der Waals surface area contributed by atoms with Crippen molar-refractivity contribution in [2.45, 2.75) is 24.3 Å². The van der Waals surface area contributed by atoms with Gasteiger partial charge in [0.05, 0.1) is 16.7 Å². The number of halogens is 2. The molecule has 0 bridgehead atoms. The van der Waals surface area contributed by atoms with E-state index in [0.29, 0.717) is 10.0 Å². The number of carbonyl (C=O) groups excluding carboxylic acids is 1. The molecule has 0 saturated heterocycles. The average Bonchev–Trinajstić information content (AvgIpc) is 2.54. The van der Waals surface area contributed by atoms with Gasteiger partial charge in [0.2, 0.25) is 5.91 Å². The van der Waals surface area contributed by atoms with Gasteiger partial charge in [0.1, 0.15) is 0 Å². The molecule has 24 heavy (non-hydrogen) atoms. The fourth-order valence-electron chi connectivity index (χ4n) is 2.14. The van der Waals surface area contributed by atoms with Gasteiger partial charge in [-0.3, -0.25) is 4.79 Å². The summed E-state index contributed by atoms with van der Waals surface area (Å²) in [6, 6.07) is 12.8. The number of amides is 1. The maximum absolute atomic E-state index is 12.2. The molecule has 0 radical (unpaired) electrons. The van der Waals surface area contributed by atoms with E-state index >= 15 is 0 Å². The van der Waals surface area contributed by atoms with Crippen LogP contribution in [0.2, 0.25) is 10.0 Å². The van der Waals surface area contributed by atoms with E-state index in [2.05, 4.69) is 5.32 Å². The van der Waals surface area contributed by atoms with Crippen molar-refractivity contribution in [3.8, 4) is 0 Å². The number of carbonyl (C=O) groups is 1. The number of hydrogen-bond donors (Lipinski definition) is 1. The molecule has 2 aromatic carbocycles. The van der Waals surface area contributed by atoms with E-state index in [0.717, 1.165) is 5.56 Å². The molecule has 0 unspecified atom stereocenters. The Morgan fingerprint density at radius 1 is 1.00 bits per heavy atom. The summed E-state index contributed by atoms with van der Waals surface area (Å²) in [5, 5.41) is 3.86. The van der Waals surface area contributed by atoms with Gasteiger partial charge < -0.3 is 5.32 Å². The standard InChI is InChI=1S/C17H17Cl2NO3S/c1-12(13-2-4-14(18)5-3-13)20-17(21)10-11-24(22,23)16-8-6-15(19)7-9-16/h2-9,12H,10-11H2,1H3,(H,20,21)/t12-/m1/s1. The molecule has 0 aromatic heterocycles. The molecule has 2 rings (SSSR count). The highest BCUT2D eigenvalue weighted by Crippen LogP contribution is 2.18. The van der Waals surface area contributed by atoms with Crippen molar-refractivity contribution in [1.82, 2.24) is 5.32 Å². The third-order valence-corrected chi connectivity index (χ3v) is 5.75. The van der Waals surface area contributed by atoms with Gasteiger partial charge in [-0.25, -0.2) is 8.42 Å². The van der Waals surface area contributed by atoms with Gasteiger partial charge >= 0.3 is 0 Å². The number of hydrogen-bond acceptors (Lipinski definition) is 3. The monoisotopic (exact) mass is 385 g/mol. The average molecular weight is 386 g/mol. The molecule has 0 saturated carbocycles. The Labute approximate surface area is 151 Å². The first-order valence-corrected chi connectivity index (χ1v) is 9.72. The third-order valence-electron chi connectivity index (χ3n) is 3.52. The van der Waals surface area contributed by atoms with E-state index in [9.17, 15) is 13.2 Å². The first kappa shape index (κ1) is 18.8. The summed E-state index contributed by atoms with van der Waals surface area (Å²) < 4.78 is 24.4. The predicted molar refractivity (Wildman–Crippen MR) is 96.1 cm³/mol. The minimum atomic E-state index is -3.52. The highest BCUT2D eigenvalue weighted by molar-refractivity contribution is 7.91. The van der Waals surface area contributed by atoms with E-state index < -0.39 is 9.84 Å². The van der Waals surface area contributed by atoms with Crippen LogP contribution < -0.4 is 5.32 Å². The zero-order chi connectivity index (χ0) is 17.7. The van der Waals surface area contributed by atoms with E-state index in [1.54, 1.807) is 12.1 Å². The molecule has 7 heteroatoms. The van der Waals surface area contributed by atoms with Gasteiger partial charge in [0.15, 0.2) is 9.84 Å². The van der Waals surface area contributed by atoms with Crippen LogP contribution in [0.15, 0.2) is 53.4 Å². The van der Waals surface area contributed by atoms with Crippen LogP contribution in [-0.4, -0.2) is 20.1 Å². The van der Waals surface area contributed by atoms with Crippen LogP contribution in [0.3, 0.4) is 0 Å². The summed E-state index contributed by atoms with van der Waals surface area (Å²) in [7, 11) is -3.52. The number of sulfone groups is 1. The first-order chi connectivity index (χ1) is 11.3. The Bertz CT molecular complexity index is 803. The topological polar surface area (TPSA) is 63.2 Å². The van der Waals surface area contributed by atoms with Crippen molar-refractivity contribution in [2.75, 3.05) is 5.75 Å². The summed E-state index contributed by atoms with van der Waals surface area (Å²) in [4.78, 5) is 12.2. The minimum Gasteiger partial charge on any atom is -0.350 e. The van der Waals surface area contributed by atoms with E-state index in [1.165, 1.54) is 24.3 Å². The molecule has 0 aliphatic heterocycles. The first-order valence-electron chi connectivity index (χ1n) is 7.31. The normalized spacial score (nSPS) is 12.6. The summed E-state index contributed by atoms with van der Waals surface area (Å²) in [6.07, 6.45) is -0.108. The van der Waals surface area contributed by atoms with Gasteiger partial charge in [0.25, 0.3) is 0 Å². The Morgan fingerprint density at radius 2 is 1.50 bits per heavy atom. The molecular weight excluding hydrogens is 369 g/mol. The zero-order valence-corrected chi connectivity index (χ0v) is 15.3. The molecule has 128 valence electrons. The Kier molecular flexibility index (Phi) is 6.27. The lowest BCUT2D eigenvalue weighted by molar-refractivity contribution is -0.121. The minimum absolute atomic E-state index is 0.108. The fraction of sp³-hybridized carbons (Fsp3) is 0.235. The smallest absolute Gasteiger partial charge is 0.221 e. The second-order valence-electron chi connectivity index (χ2n) is 5.36. The SMILES string of the molecule is C[C@@H](NC(=O)CCS(=O)(=O)c1ccc(Cl)cc1)c1ccc(Cl)cc1. The maximum atomic E-state index is 12.2. The Hall–Kier alpha value is -1.56. The van der Waals surface area contributed by atoms with Crippen molar-refractivity contribution < 1.29 is 13.2 Å². The number of rotatable bonds is 6. The second-order valence-corrected chi connectivity index (χ2v) is 8.35. The van der Waals surface area contributed by atoms with Gasteiger partial charge in [-0.1, -0.05) is 35.3 Å². The van der Waals surface area contributed by atoms with Crippen LogP contribution >= 0.6 is 23.2 Å². The van der Waals surface area contributed by atoms with Crippen LogP contribution in [0.4, 0.5) is 0 Å².